The smallest absolute Gasteiger partial charge is 0.303 e. The summed E-state index contributed by atoms with van der Waals surface area (Å²) in [7, 11) is 0. The third kappa shape index (κ3) is 6.00. The quantitative estimate of drug-likeness (QED) is 0.188. The summed E-state index contributed by atoms with van der Waals surface area (Å²) in [6.07, 6.45) is 1.17. The van der Waals surface area contributed by atoms with Crippen molar-refractivity contribution in [3.8, 4) is 5.75 Å². The van der Waals surface area contributed by atoms with Crippen molar-refractivity contribution >= 4 is 28.5 Å². The van der Waals surface area contributed by atoms with E-state index in [0.29, 0.717) is 30.2 Å². The van der Waals surface area contributed by atoms with Gasteiger partial charge in [0.2, 0.25) is 0 Å². The van der Waals surface area contributed by atoms with Gasteiger partial charge in [-0.2, -0.15) is 0 Å². The molecule has 6 heteroatoms. The van der Waals surface area contributed by atoms with E-state index in [1.54, 1.807) is 0 Å². The molecule has 0 saturated heterocycles. The van der Waals surface area contributed by atoms with Crippen LogP contribution in [0.2, 0.25) is 5.02 Å². The number of hydrogen-bond donors (Lipinski definition) is 2. The highest BCUT2D eigenvalue weighted by molar-refractivity contribution is 6.31. The fourth-order valence-electron chi connectivity index (χ4n) is 5.19. The highest BCUT2D eigenvalue weighted by Crippen LogP contribution is 2.37. The second-order valence-electron chi connectivity index (χ2n) is 9.47. The van der Waals surface area contributed by atoms with E-state index in [0.717, 1.165) is 38.9 Å². The SMILES string of the molecule is O=C(O)CCc1ccc(OCCc2c(CO)n(C(c3ccccc3)c3ccccc3)c3ccc(Cl)cc23)cc1. The summed E-state index contributed by atoms with van der Waals surface area (Å²) in [5, 5.41) is 21.2. The van der Waals surface area contributed by atoms with E-state index < -0.39 is 5.97 Å². The fraction of sp³-hybridized carbons (Fsp3) is 0.182. The molecule has 0 spiro atoms. The second kappa shape index (κ2) is 12.2. The molecule has 1 heterocycles. The zero-order valence-corrected chi connectivity index (χ0v) is 22.2. The van der Waals surface area contributed by atoms with Gasteiger partial charge in [0.15, 0.2) is 0 Å². The largest absolute Gasteiger partial charge is 0.493 e. The van der Waals surface area contributed by atoms with E-state index in [-0.39, 0.29) is 19.1 Å². The summed E-state index contributed by atoms with van der Waals surface area (Å²) >= 11 is 6.46. The Bertz CT molecular complexity index is 1510. The molecule has 39 heavy (non-hydrogen) atoms. The number of aryl methyl sites for hydroxylation is 1. The van der Waals surface area contributed by atoms with Crippen LogP contribution in [0.5, 0.6) is 5.75 Å². The van der Waals surface area contributed by atoms with Gasteiger partial charge in [-0.05, 0) is 59.0 Å². The first-order valence-electron chi connectivity index (χ1n) is 13.0. The van der Waals surface area contributed by atoms with Gasteiger partial charge in [0.1, 0.15) is 5.75 Å². The number of fused-ring (bicyclic) bond motifs is 1. The number of aliphatic hydroxyl groups is 1. The Hall–Kier alpha value is -4.06. The average Bonchev–Trinajstić information content (AvgIpc) is 3.26. The predicted octanol–water partition coefficient (Wildman–Crippen LogP) is 7.06. The molecule has 0 amide bonds. The predicted molar refractivity (Wildman–Crippen MR) is 155 cm³/mol. The standard InChI is InChI=1S/C33H30ClNO4/c34-26-14-17-30-29(21-26)28(19-20-39-27-15-11-23(12-16-27)13-18-32(37)38)31(22-36)35(30)33(24-7-3-1-4-8-24)25-9-5-2-6-10-25/h1-12,14-17,21,33,36H,13,18-20,22H2,(H,37,38). The van der Waals surface area contributed by atoms with Gasteiger partial charge in [0, 0.05) is 34.5 Å². The van der Waals surface area contributed by atoms with E-state index in [1.165, 1.54) is 0 Å². The van der Waals surface area contributed by atoms with Crippen molar-refractivity contribution in [2.75, 3.05) is 6.61 Å². The molecule has 1 aromatic heterocycles. The number of halogens is 1. The third-order valence-electron chi connectivity index (χ3n) is 6.99. The minimum atomic E-state index is -0.809. The monoisotopic (exact) mass is 539 g/mol. The van der Waals surface area contributed by atoms with Gasteiger partial charge in [0.25, 0.3) is 0 Å². The Morgan fingerprint density at radius 1 is 0.846 bits per heavy atom. The van der Waals surface area contributed by atoms with Gasteiger partial charge >= 0.3 is 5.97 Å². The van der Waals surface area contributed by atoms with Crippen LogP contribution >= 0.6 is 11.6 Å². The molecule has 0 fully saturated rings. The third-order valence-corrected chi connectivity index (χ3v) is 7.23. The van der Waals surface area contributed by atoms with Crippen LogP contribution in [0.1, 0.15) is 40.4 Å². The maximum atomic E-state index is 10.8. The lowest BCUT2D eigenvalue weighted by Gasteiger charge is -2.24. The molecular weight excluding hydrogens is 510 g/mol. The molecule has 4 aromatic carbocycles. The van der Waals surface area contributed by atoms with Crippen molar-refractivity contribution in [3.63, 3.8) is 0 Å². The van der Waals surface area contributed by atoms with Crippen LogP contribution in [-0.4, -0.2) is 27.4 Å². The Morgan fingerprint density at radius 2 is 1.49 bits per heavy atom. The average molecular weight is 540 g/mol. The van der Waals surface area contributed by atoms with Crippen molar-refractivity contribution in [3.05, 3.63) is 136 Å². The zero-order chi connectivity index (χ0) is 27.2. The normalized spacial score (nSPS) is 11.3. The second-order valence-corrected chi connectivity index (χ2v) is 9.91. The van der Waals surface area contributed by atoms with Crippen LogP contribution in [0.15, 0.2) is 103 Å². The van der Waals surface area contributed by atoms with Crippen LogP contribution in [-0.2, 0) is 24.2 Å². The number of ether oxygens (including phenoxy) is 1. The first-order valence-corrected chi connectivity index (χ1v) is 13.4. The minimum Gasteiger partial charge on any atom is -0.493 e. The maximum absolute atomic E-state index is 10.8. The van der Waals surface area contributed by atoms with Crippen molar-refractivity contribution in [2.45, 2.75) is 31.9 Å². The highest BCUT2D eigenvalue weighted by Gasteiger charge is 2.25. The molecule has 5 aromatic rings. The van der Waals surface area contributed by atoms with E-state index in [2.05, 4.69) is 28.8 Å². The molecule has 5 nitrogen and oxygen atoms in total. The zero-order valence-electron chi connectivity index (χ0n) is 21.5. The lowest BCUT2D eigenvalue weighted by molar-refractivity contribution is -0.136. The van der Waals surface area contributed by atoms with Crippen molar-refractivity contribution in [2.24, 2.45) is 0 Å². The number of nitrogens with zero attached hydrogens (tertiary/aromatic N) is 1. The Kier molecular flexibility index (Phi) is 8.30. The van der Waals surface area contributed by atoms with Crippen molar-refractivity contribution in [1.82, 2.24) is 4.57 Å². The minimum absolute atomic E-state index is 0.101. The lowest BCUT2D eigenvalue weighted by Crippen LogP contribution is -2.16. The Balaban J connectivity index is 1.49. The summed E-state index contributed by atoms with van der Waals surface area (Å²) in [5.41, 5.74) is 6.03. The number of carboxylic acids is 1. The maximum Gasteiger partial charge on any atom is 0.303 e. The number of aromatic nitrogens is 1. The first kappa shape index (κ1) is 26.5. The number of rotatable bonds is 11. The molecule has 0 aliphatic heterocycles. The van der Waals surface area contributed by atoms with Gasteiger partial charge < -0.3 is 19.5 Å². The van der Waals surface area contributed by atoms with Crippen LogP contribution in [0.25, 0.3) is 10.9 Å². The number of carboxylic acid groups (broad SMARTS) is 1. The Morgan fingerprint density at radius 3 is 2.08 bits per heavy atom. The fourth-order valence-corrected chi connectivity index (χ4v) is 5.36. The van der Waals surface area contributed by atoms with Gasteiger partial charge in [-0.3, -0.25) is 4.79 Å². The lowest BCUT2D eigenvalue weighted by atomic mass is 9.98. The van der Waals surface area contributed by atoms with E-state index in [9.17, 15) is 9.90 Å². The molecule has 0 bridgehead atoms. The van der Waals surface area contributed by atoms with Gasteiger partial charge in [0.05, 0.1) is 19.3 Å². The molecular formula is C33H30ClNO4. The molecule has 0 radical (unpaired) electrons. The van der Waals surface area contributed by atoms with Crippen LogP contribution in [0.4, 0.5) is 0 Å². The van der Waals surface area contributed by atoms with Gasteiger partial charge in [-0.1, -0.05) is 84.4 Å². The molecule has 0 aliphatic carbocycles. The number of carbonyl (C=O) groups is 1. The van der Waals surface area contributed by atoms with Gasteiger partial charge in [-0.15, -0.1) is 0 Å². The van der Waals surface area contributed by atoms with E-state index in [1.807, 2.05) is 78.9 Å². The summed E-state index contributed by atoms with van der Waals surface area (Å²) in [6.45, 7) is 0.282. The highest BCUT2D eigenvalue weighted by atomic mass is 35.5. The summed E-state index contributed by atoms with van der Waals surface area (Å²) < 4.78 is 8.29. The number of aliphatic carboxylic acids is 1. The molecule has 0 atom stereocenters. The number of aliphatic hydroxyl groups excluding tert-OH is 1. The molecule has 198 valence electrons. The molecule has 2 N–H and O–H groups in total. The Labute approximate surface area is 232 Å². The molecule has 5 rings (SSSR count). The number of benzene rings is 4. The van der Waals surface area contributed by atoms with Crippen molar-refractivity contribution < 1.29 is 19.7 Å². The molecule has 0 unspecified atom stereocenters. The molecule has 0 saturated carbocycles. The molecule has 0 aliphatic rings. The van der Waals surface area contributed by atoms with Gasteiger partial charge in [-0.25, -0.2) is 0 Å². The number of hydrogen-bond acceptors (Lipinski definition) is 3. The first-order chi connectivity index (χ1) is 19.0. The summed E-state index contributed by atoms with van der Waals surface area (Å²) in [6, 6.07) is 33.9. The summed E-state index contributed by atoms with van der Waals surface area (Å²) in [4.78, 5) is 10.8. The van der Waals surface area contributed by atoms with E-state index in [4.69, 9.17) is 21.4 Å². The van der Waals surface area contributed by atoms with E-state index >= 15 is 0 Å². The topological polar surface area (TPSA) is 71.7 Å². The van der Waals surface area contributed by atoms with Crippen LogP contribution in [0, 0.1) is 0 Å². The summed E-state index contributed by atoms with van der Waals surface area (Å²) in [5.74, 6) is -0.0936. The van der Waals surface area contributed by atoms with Crippen LogP contribution in [0.3, 0.4) is 0 Å². The van der Waals surface area contributed by atoms with Crippen LogP contribution < -0.4 is 4.74 Å². The van der Waals surface area contributed by atoms with Crippen molar-refractivity contribution in [1.29, 1.82) is 0 Å².